The Morgan fingerprint density at radius 1 is 0.714 bits per heavy atom. The van der Waals surface area contributed by atoms with Crippen molar-refractivity contribution in [1.29, 1.82) is 0 Å². The summed E-state index contributed by atoms with van der Waals surface area (Å²) in [6, 6.07) is 0. The Balaban J connectivity index is 1.66. The van der Waals surface area contributed by atoms with Crippen molar-refractivity contribution in [1.82, 2.24) is 0 Å². The Morgan fingerprint density at radius 2 is 1.24 bits per heavy atom. The van der Waals surface area contributed by atoms with Crippen LogP contribution < -0.4 is 0 Å². The minimum Gasteiger partial charge on any atom is -0.393 e. The van der Waals surface area contributed by atoms with Crippen molar-refractivity contribution in [3.8, 4) is 0 Å². The van der Waals surface area contributed by atoms with Gasteiger partial charge in [0.1, 0.15) is 0 Å². The van der Waals surface area contributed by atoms with Gasteiger partial charge in [0.25, 0.3) is 0 Å². The highest BCUT2D eigenvalue weighted by Crippen LogP contribution is 2.69. The number of cyclic esters (lactones) is 4. The van der Waals surface area contributed by atoms with Gasteiger partial charge in [-0.3, -0.25) is 19.2 Å². The van der Waals surface area contributed by atoms with E-state index >= 15 is 0 Å². The average Bonchev–Trinajstić information content (AvgIpc) is 2.79. The molecular weight excluding hydrogens is 300 g/mol. The van der Waals surface area contributed by atoms with Crippen LogP contribution in [0, 0.1) is 47.3 Å². The number of ether oxygens (including phenoxy) is 2. The first kappa shape index (κ1) is 11.9. The molecule has 7 heteroatoms. The number of allylic oxidation sites excluding steroid dienone is 2. The molecule has 0 aromatic rings. The van der Waals surface area contributed by atoms with E-state index in [2.05, 4.69) is 0 Å². The maximum absolute atomic E-state index is 12.0. The molecule has 0 aromatic carbocycles. The van der Waals surface area contributed by atoms with Crippen molar-refractivity contribution in [2.45, 2.75) is 0 Å². The highest BCUT2D eigenvalue weighted by atomic mass is 35.5. The molecule has 8 unspecified atom stereocenters. The van der Waals surface area contributed by atoms with E-state index in [1.165, 1.54) is 0 Å². The highest BCUT2D eigenvalue weighted by molar-refractivity contribution is 6.30. The molecule has 6 nitrogen and oxygen atoms in total. The summed E-state index contributed by atoms with van der Waals surface area (Å²) in [6.07, 6.45) is 1.76. The zero-order valence-corrected chi connectivity index (χ0v) is 11.3. The smallest absolute Gasteiger partial charge is 0.318 e. The summed E-state index contributed by atoms with van der Waals surface area (Å²) < 4.78 is 9.50. The zero-order valence-electron chi connectivity index (χ0n) is 10.5. The number of carbonyl (C=O) groups is 4. The molecule has 4 fully saturated rings. The van der Waals surface area contributed by atoms with Gasteiger partial charge in [-0.2, -0.15) is 0 Å². The lowest BCUT2D eigenvalue weighted by Crippen LogP contribution is -2.64. The third-order valence-electron chi connectivity index (χ3n) is 5.87. The maximum atomic E-state index is 12.0. The van der Waals surface area contributed by atoms with Gasteiger partial charge in [0.2, 0.25) is 0 Å². The fraction of sp³-hybridized carbons (Fsp3) is 0.571. The van der Waals surface area contributed by atoms with Gasteiger partial charge in [0, 0.05) is 11.0 Å². The van der Waals surface area contributed by atoms with E-state index in [1.54, 1.807) is 6.08 Å². The van der Waals surface area contributed by atoms with Crippen molar-refractivity contribution < 1.29 is 28.7 Å². The normalized spacial score (nSPS) is 52.5. The molecule has 2 bridgehead atoms. The quantitative estimate of drug-likeness (QED) is 0.471. The minimum atomic E-state index is -0.620. The third kappa shape index (κ3) is 1.11. The van der Waals surface area contributed by atoms with Crippen molar-refractivity contribution in [2.75, 3.05) is 0 Å². The van der Waals surface area contributed by atoms with Crippen molar-refractivity contribution in [2.24, 2.45) is 47.3 Å². The third-order valence-corrected chi connectivity index (χ3v) is 6.25. The predicted octanol–water partition coefficient (Wildman–Crippen LogP) is 0.246. The van der Waals surface area contributed by atoms with Crippen LogP contribution in [0.5, 0.6) is 0 Å². The Kier molecular flexibility index (Phi) is 1.92. The molecule has 0 N–H and O–H groups in total. The molecule has 4 aliphatic carbocycles. The van der Waals surface area contributed by atoms with Crippen molar-refractivity contribution in [3.63, 3.8) is 0 Å². The van der Waals surface area contributed by atoms with Gasteiger partial charge in [-0.15, -0.1) is 0 Å². The monoisotopic (exact) mass is 308 g/mol. The van der Waals surface area contributed by atoms with E-state index in [0.717, 1.165) is 0 Å². The summed E-state index contributed by atoms with van der Waals surface area (Å²) in [4.78, 5) is 47.5. The minimum absolute atomic E-state index is 0.152. The highest BCUT2D eigenvalue weighted by Gasteiger charge is 2.75. The molecule has 0 amide bonds. The van der Waals surface area contributed by atoms with Crippen LogP contribution >= 0.6 is 11.6 Å². The fourth-order valence-corrected chi connectivity index (χ4v) is 5.68. The van der Waals surface area contributed by atoms with Crippen molar-refractivity contribution >= 4 is 35.5 Å². The second kappa shape index (κ2) is 3.38. The lowest BCUT2D eigenvalue weighted by atomic mass is 9.40. The van der Waals surface area contributed by atoms with Crippen LogP contribution in [0.25, 0.3) is 0 Å². The van der Waals surface area contributed by atoms with E-state index in [0.29, 0.717) is 5.03 Å². The topological polar surface area (TPSA) is 86.7 Å². The molecule has 21 heavy (non-hydrogen) atoms. The molecule has 108 valence electrons. The molecule has 0 spiro atoms. The first-order chi connectivity index (χ1) is 10.0. The van der Waals surface area contributed by atoms with Crippen LogP contribution in [0.3, 0.4) is 0 Å². The summed E-state index contributed by atoms with van der Waals surface area (Å²) in [6.45, 7) is 0. The van der Waals surface area contributed by atoms with E-state index in [9.17, 15) is 19.2 Å². The number of fused-ring (bicyclic) bond motifs is 1. The second-order valence-corrected chi connectivity index (χ2v) is 6.83. The number of carbonyl (C=O) groups excluding carboxylic acids is 4. The van der Waals surface area contributed by atoms with E-state index < -0.39 is 53.5 Å². The molecule has 6 rings (SSSR count). The maximum Gasteiger partial charge on any atom is 0.318 e. The second-order valence-electron chi connectivity index (χ2n) is 6.39. The van der Waals surface area contributed by atoms with Crippen molar-refractivity contribution in [3.05, 3.63) is 11.1 Å². The molecule has 8 atom stereocenters. The van der Waals surface area contributed by atoms with Crippen LogP contribution in [0.2, 0.25) is 0 Å². The molecule has 0 aromatic heterocycles. The van der Waals surface area contributed by atoms with Gasteiger partial charge in [-0.25, -0.2) is 0 Å². The standard InChI is InChI=1S/C14H9ClO6/c15-3-1-2-4-7(10-8(4)12(17)21-14(10)19)6(3)9-5(2)11(16)20-13(9)18/h1-2,4-10H. The van der Waals surface area contributed by atoms with Crippen LogP contribution in [0.1, 0.15) is 0 Å². The summed E-state index contributed by atoms with van der Waals surface area (Å²) in [5.74, 6) is -5.46. The van der Waals surface area contributed by atoms with Gasteiger partial charge in [-0.1, -0.05) is 17.7 Å². The fourth-order valence-electron chi connectivity index (χ4n) is 5.25. The number of esters is 4. The molecule has 6 aliphatic rings. The zero-order chi connectivity index (χ0) is 14.6. The van der Waals surface area contributed by atoms with Crippen LogP contribution in [0.4, 0.5) is 0 Å². The largest absolute Gasteiger partial charge is 0.393 e. The molecular formula is C14H9ClO6. The van der Waals surface area contributed by atoms with Crippen LogP contribution in [0.15, 0.2) is 11.1 Å². The lowest BCUT2D eigenvalue weighted by Gasteiger charge is -2.59. The Morgan fingerprint density at radius 3 is 1.90 bits per heavy atom. The van der Waals surface area contributed by atoms with E-state index in [-0.39, 0.29) is 17.8 Å². The van der Waals surface area contributed by atoms with Gasteiger partial charge >= 0.3 is 23.9 Å². The molecule has 2 heterocycles. The number of hydrogen-bond donors (Lipinski definition) is 0. The van der Waals surface area contributed by atoms with Gasteiger partial charge < -0.3 is 9.47 Å². The SMILES string of the molecule is O=C1OC(=O)C2C1C1C=C(Cl)C2C2C3C(=O)OC(=O)C3C12. The number of rotatable bonds is 0. The van der Waals surface area contributed by atoms with Crippen LogP contribution in [-0.4, -0.2) is 23.9 Å². The summed E-state index contributed by atoms with van der Waals surface area (Å²) >= 11 is 6.27. The first-order valence-corrected chi connectivity index (χ1v) is 7.27. The Hall–Kier alpha value is -1.69. The van der Waals surface area contributed by atoms with Gasteiger partial charge in [0.15, 0.2) is 0 Å². The van der Waals surface area contributed by atoms with Gasteiger partial charge in [-0.05, 0) is 17.8 Å². The Bertz CT molecular complexity index is 681. The van der Waals surface area contributed by atoms with E-state index in [4.69, 9.17) is 21.1 Å². The summed E-state index contributed by atoms with van der Waals surface area (Å²) in [5.41, 5.74) is 0. The van der Waals surface area contributed by atoms with Gasteiger partial charge in [0.05, 0.1) is 23.7 Å². The Labute approximate surface area is 123 Å². The average molecular weight is 309 g/mol. The molecule has 2 saturated heterocycles. The predicted molar refractivity (Wildman–Crippen MR) is 64.1 cm³/mol. The molecule has 2 saturated carbocycles. The van der Waals surface area contributed by atoms with E-state index in [1.807, 2.05) is 0 Å². The molecule has 0 radical (unpaired) electrons. The first-order valence-electron chi connectivity index (χ1n) is 6.89. The number of hydrogen-bond acceptors (Lipinski definition) is 6. The summed E-state index contributed by atoms with van der Waals surface area (Å²) in [5, 5.41) is 0.500. The lowest BCUT2D eigenvalue weighted by molar-refractivity contribution is -0.167. The molecule has 2 aliphatic heterocycles. The summed E-state index contributed by atoms with van der Waals surface area (Å²) in [7, 11) is 0. The number of halogens is 1. The van der Waals surface area contributed by atoms with Crippen LogP contribution in [-0.2, 0) is 28.7 Å².